The van der Waals surface area contributed by atoms with Crippen LogP contribution in [0.5, 0.6) is 5.75 Å². The second-order valence-corrected chi connectivity index (χ2v) is 12.4. The van der Waals surface area contributed by atoms with E-state index in [4.69, 9.17) is 9.72 Å². The summed E-state index contributed by atoms with van der Waals surface area (Å²) in [5, 5.41) is 0.595. The van der Waals surface area contributed by atoms with E-state index in [-0.39, 0.29) is 16.8 Å². The van der Waals surface area contributed by atoms with Crippen LogP contribution in [0.15, 0.2) is 47.4 Å². The lowest BCUT2D eigenvalue weighted by molar-refractivity contribution is 0.0983. The largest absolute Gasteiger partial charge is 0.494 e. The Hall–Kier alpha value is -2.53. The maximum absolute atomic E-state index is 13.8. The van der Waals surface area contributed by atoms with Gasteiger partial charge in [0, 0.05) is 31.2 Å². The van der Waals surface area contributed by atoms with Crippen molar-refractivity contribution in [3.05, 3.63) is 48.0 Å². The molecule has 2 heterocycles. The molecule has 0 saturated carbocycles. The zero-order valence-electron chi connectivity index (χ0n) is 22.7. The van der Waals surface area contributed by atoms with Gasteiger partial charge in [0.1, 0.15) is 11.3 Å². The quantitative estimate of drug-likeness (QED) is 0.320. The number of amides is 1. The second kappa shape index (κ2) is 12.5. The number of fused-ring (bicyclic) bond motifs is 1. The van der Waals surface area contributed by atoms with Gasteiger partial charge in [-0.05, 0) is 68.8 Å². The third kappa shape index (κ3) is 5.88. The van der Waals surface area contributed by atoms with Crippen LogP contribution in [-0.2, 0) is 10.0 Å². The van der Waals surface area contributed by atoms with E-state index in [0.29, 0.717) is 36.1 Å². The Morgan fingerprint density at radius 3 is 2.47 bits per heavy atom. The van der Waals surface area contributed by atoms with E-state index < -0.39 is 10.0 Å². The number of rotatable bonds is 11. The summed E-state index contributed by atoms with van der Waals surface area (Å²) in [4.78, 5) is 22.8. The van der Waals surface area contributed by atoms with Gasteiger partial charge >= 0.3 is 0 Å². The molecule has 4 rings (SSSR count). The number of hydrogen-bond donors (Lipinski definition) is 0. The van der Waals surface area contributed by atoms with E-state index in [1.165, 1.54) is 11.3 Å². The Bertz CT molecular complexity index is 1340. The SMILES string of the molecule is CCC1CCCCN1S(=O)(=O)c1ccc(C(=O)N(CCN(CC)CC)c2nc3c(OC)cccc3s2)cc1. The predicted octanol–water partition coefficient (Wildman–Crippen LogP) is 5.25. The molecule has 2 aromatic carbocycles. The van der Waals surface area contributed by atoms with Gasteiger partial charge < -0.3 is 9.64 Å². The van der Waals surface area contributed by atoms with E-state index in [9.17, 15) is 13.2 Å². The molecule has 3 aromatic rings. The molecule has 1 atom stereocenters. The molecule has 1 fully saturated rings. The van der Waals surface area contributed by atoms with Crippen molar-refractivity contribution in [2.24, 2.45) is 0 Å². The highest BCUT2D eigenvalue weighted by molar-refractivity contribution is 7.89. The summed E-state index contributed by atoms with van der Waals surface area (Å²) in [6, 6.07) is 12.1. The molecule has 1 unspecified atom stereocenters. The smallest absolute Gasteiger partial charge is 0.260 e. The van der Waals surface area contributed by atoms with E-state index in [1.807, 2.05) is 25.1 Å². The predicted molar refractivity (Wildman–Crippen MR) is 154 cm³/mol. The minimum absolute atomic E-state index is 0.0293. The normalized spacial score (nSPS) is 16.7. The monoisotopic (exact) mass is 558 g/mol. The van der Waals surface area contributed by atoms with Crippen LogP contribution < -0.4 is 9.64 Å². The third-order valence-corrected chi connectivity index (χ3v) is 10.4. The van der Waals surface area contributed by atoms with Crippen molar-refractivity contribution in [3.63, 3.8) is 0 Å². The zero-order chi connectivity index (χ0) is 27.3. The average Bonchev–Trinajstić information content (AvgIpc) is 3.39. The Kier molecular flexibility index (Phi) is 9.40. The molecule has 10 heteroatoms. The summed E-state index contributed by atoms with van der Waals surface area (Å²) < 4.78 is 34.9. The van der Waals surface area contributed by atoms with Gasteiger partial charge in [0.05, 0.1) is 16.7 Å². The molecular weight excluding hydrogens is 520 g/mol. The van der Waals surface area contributed by atoms with Crippen molar-refractivity contribution < 1.29 is 17.9 Å². The molecule has 1 amide bonds. The van der Waals surface area contributed by atoms with Gasteiger partial charge in [-0.15, -0.1) is 0 Å². The summed E-state index contributed by atoms with van der Waals surface area (Å²) in [5.41, 5.74) is 1.16. The van der Waals surface area contributed by atoms with E-state index in [0.717, 1.165) is 49.0 Å². The van der Waals surface area contributed by atoms with Crippen molar-refractivity contribution in [1.82, 2.24) is 14.2 Å². The van der Waals surface area contributed by atoms with Gasteiger partial charge in [0.2, 0.25) is 10.0 Å². The number of likely N-dealkylation sites (N-methyl/N-ethyl adjacent to an activating group) is 1. The van der Waals surface area contributed by atoms with Crippen molar-refractivity contribution >= 4 is 42.6 Å². The van der Waals surface area contributed by atoms with Crippen molar-refractivity contribution in [2.45, 2.75) is 57.4 Å². The number of piperidine rings is 1. The van der Waals surface area contributed by atoms with Gasteiger partial charge in [-0.25, -0.2) is 13.4 Å². The Balaban J connectivity index is 1.64. The van der Waals surface area contributed by atoms with Crippen LogP contribution in [0.3, 0.4) is 0 Å². The van der Waals surface area contributed by atoms with Crippen LogP contribution in [0, 0.1) is 0 Å². The van der Waals surface area contributed by atoms with Gasteiger partial charge in [0.25, 0.3) is 5.91 Å². The van der Waals surface area contributed by atoms with Crippen LogP contribution >= 0.6 is 11.3 Å². The Morgan fingerprint density at radius 1 is 1.08 bits per heavy atom. The Morgan fingerprint density at radius 2 is 1.82 bits per heavy atom. The maximum atomic E-state index is 13.8. The summed E-state index contributed by atoms with van der Waals surface area (Å²) in [5.74, 6) is 0.460. The lowest BCUT2D eigenvalue weighted by atomic mass is 10.0. The summed E-state index contributed by atoms with van der Waals surface area (Å²) in [6.45, 7) is 9.71. The van der Waals surface area contributed by atoms with Crippen molar-refractivity contribution in [2.75, 3.05) is 44.7 Å². The van der Waals surface area contributed by atoms with E-state index in [2.05, 4.69) is 18.7 Å². The number of anilines is 1. The number of benzene rings is 2. The summed E-state index contributed by atoms with van der Waals surface area (Å²) in [7, 11) is -2.00. The highest BCUT2D eigenvalue weighted by Crippen LogP contribution is 2.35. The van der Waals surface area contributed by atoms with E-state index >= 15 is 0 Å². The third-order valence-electron chi connectivity index (χ3n) is 7.35. The number of aromatic nitrogens is 1. The van der Waals surface area contributed by atoms with Gasteiger partial charge in [-0.2, -0.15) is 4.31 Å². The van der Waals surface area contributed by atoms with Crippen molar-refractivity contribution in [1.29, 1.82) is 0 Å². The van der Waals surface area contributed by atoms with Crippen LogP contribution in [0.2, 0.25) is 0 Å². The highest BCUT2D eigenvalue weighted by Gasteiger charge is 2.32. The van der Waals surface area contributed by atoms with Crippen molar-refractivity contribution in [3.8, 4) is 5.75 Å². The molecular formula is C28H38N4O4S2. The van der Waals surface area contributed by atoms with Crippen LogP contribution in [0.25, 0.3) is 10.2 Å². The number of ether oxygens (including phenoxy) is 1. The number of nitrogens with zero attached hydrogens (tertiary/aromatic N) is 4. The molecule has 0 spiro atoms. The van der Waals surface area contributed by atoms with E-state index in [1.54, 1.807) is 40.6 Å². The number of hydrogen-bond acceptors (Lipinski definition) is 7. The molecule has 8 nitrogen and oxygen atoms in total. The van der Waals surface area contributed by atoms with Crippen LogP contribution in [0.1, 0.15) is 56.8 Å². The molecule has 1 aliphatic rings. The fourth-order valence-electron chi connectivity index (χ4n) is 5.02. The second-order valence-electron chi connectivity index (χ2n) is 9.49. The lowest BCUT2D eigenvalue weighted by Crippen LogP contribution is -2.43. The number of methoxy groups -OCH3 is 1. The molecule has 38 heavy (non-hydrogen) atoms. The number of carbonyl (C=O) groups is 1. The minimum atomic E-state index is -3.61. The fourth-order valence-corrected chi connectivity index (χ4v) is 7.79. The Labute approximate surface area is 230 Å². The first-order valence-electron chi connectivity index (χ1n) is 13.4. The van der Waals surface area contributed by atoms with Crippen LogP contribution in [0.4, 0.5) is 5.13 Å². The molecule has 206 valence electrons. The minimum Gasteiger partial charge on any atom is -0.494 e. The molecule has 1 aliphatic heterocycles. The first-order valence-corrected chi connectivity index (χ1v) is 15.7. The number of sulfonamides is 1. The molecule has 1 saturated heterocycles. The number of para-hydroxylation sites is 1. The topological polar surface area (TPSA) is 83.1 Å². The molecule has 0 N–H and O–H groups in total. The highest BCUT2D eigenvalue weighted by atomic mass is 32.2. The average molecular weight is 559 g/mol. The number of carbonyl (C=O) groups excluding carboxylic acids is 1. The lowest BCUT2D eigenvalue weighted by Gasteiger charge is -2.34. The zero-order valence-corrected chi connectivity index (χ0v) is 24.4. The first-order chi connectivity index (χ1) is 18.3. The maximum Gasteiger partial charge on any atom is 0.260 e. The van der Waals surface area contributed by atoms with Crippen LogP contribution in [-0.4, -0.2) is 74.4 Å². The molecule has 0 aliphatic carbocycles. The standard InChI is InChI=1S/C28H38N4O4S2/c1-5-22-11-8-9-18-32(22)38(34,35)23-16-14-21(15-17-23)27(33)31(20-19-30(6-2)7-3)28-29-26-24(36-4)12-10-13-25(26)37-28/h10,12-17,22H,5-9,11,18-20H2,1-4H3. The number of thiazole rings is 1. The summed E-state index contributed by atoms with van der Waals surface area (Å²) in [6.07, 6.45) is 3.62. The van der Waals surface area contributed by atoms with Gasteiger partial charge in [0.15, 0.2) is 5.13 Å². The van der Waals surface area contributed by atoms with Gasteiger partial charge in [-0.3, -0.25) is 9.69 Å². The molecule has 1 aromatic heterocycles. The molecule has 0 radical (unpaired) electrons. The summed E-state index contributed by atoms with van der Waals surface area (Å²) >= 11 is 1.45. The molecule has 0 bridgehead atoms. The van der Waals surface area contributed by atoms with Gasteiger partial charge in [-0.1, -0.05) is 44.6 Å². The first kappa shape index (κ1) is 28.5. The fraction of sp³-hybridized carbons (Fsp3) is 0.500.